The molecule has 0 amide bonds. The van der Waals surface area contributed by atoms with Gasteiger partial charge < -0.3 is 14.2 Å². The maximum atomic E-state index is 5.49. The molecule has 2 heterocycles. The maximum Gasteiger partial charge on any atom is 0.231 e. The highest BCUT2D eigenvalue weighted by Crippen LogP contribution is 2.39. The standard InChI is InChI=1S/C16H21NO3/c1-4-15-16(20-11-19-15)10-12(1)9-14(13-2-3-13)17-5-7-18-8-6-17/h1,4,10,13-14H,2-3,5-9,11H2. The monoisotopic (exact) mass is 275 g/mol. The summed E-state index contributed by atoms with van der Waals surface area (Å²) < 4.78 is 16.4. The Hall–Kier alpha value is -1.26. The van der Waals surface area contributed by atoms with Crippen molar-refractivity contribution in [2.45, 2.75) is 25.3 Å². The average molecular weight is 275 g/mol. The van der Waals surface area contributed by atoms with Crippen molar-refractivity contribution in [1.29, 1.82) is 0 Å². The molecule has 1 aromatic rings. The minimum absolute atomic E-state index is 0.355. The predicted molar refractivity (Wildman–Crippen MR) is 75.2 cm³/mol. The van der Waals surface area contributed by atoms with Crippen molar-refractivity contribution in [2.24, 2.45) is 5.92 Å². The normalized spacial score (nSPS) is 23.8. The summed E-state index contributed by atoms with van der Waals surface area (Å²) >= 11 is 0. The minimum Gasteiger partial charge on any atom is -0.454 e. The zero-order chi connectivity index (χ0) is 13.4. The summed E-state index contributed by atoms with van der Waals surface area (Å²) in [7, 11) is 0. The van der Waals surface area contributed by atoms with Gasteiger partial charge in [0.1, 0.15) is 0 Å². The summed E-state index contributed by atoms with van der Waals surface area (Å²) in [5.41, 5.74) is 1.36. The van der Waals surface area contributed by atoms with Gasteiger partial charge >= 0.3 is 0 Å². The lowest BCUT2D eigenvalue weighted by molar-refractivity contribution is 0.0118. The van der Waals surface area contributed by atoms with E-state index in [0.29, 0.717) is 12.8 Å². The van der Waals surface area contributed by atoms with E-state index in [0.717, 1.165) is 50.1 Å². The van der Waals surface area contributed by atoms with Crippen LogP contribution in [0.15, 0.2) is 18.2 Å². The first kappa shape index (κ1) is 12.5. The molecular formula is C16H21NO3. The van der Waals surface area contributed by atoms with Crippen molar-refractivity contribution in [3.05, 3.63) is 23.8 Å². The number of nitrogens with zero attached hydrogens (tertiary/aromatic N) is 1. The van der Waals surface area contributed by atoms with Crippen LogP contribution in [-0.2, 0) is 11.2 Å². The summed E-state index contributed by atoms with van der Waals surface area (Å²) in [5.74, 6) is 2.65. The molecule has 1 saturated heterocycles. The van der Waals surface area contributed by atoms with Gasteiger partial charge in [0.2, 0.25) is 6.79 Å². The Kier molecular flexibility index (Phi) is 3.28. The van der Waals surface area contributed by atoms with Crippen LogP contribution in [0, 0.1) is 5.92 Å². The number of benzene rings is 1. The fraction of sp³-hybridized carbons (Fsp3) is 0.625. The third kappa shape index (κ3) is 2.50. The van der Waals surface area contributed by atoms with E-state index in [1.807, 2.05) is 6.07 Å². The lowest BCUT2D eigenvalue weighted by Crippen LogP contribution is -2.45. The van der Waals surface area contributed by atoms with Gasteiger partial charge in [-0.25, -0.2) is 0 Å². The molecule has 0 N–H and O–H groups in total. The zero-order valence-electron chi connectivity index (χ0n) is 11.7. The van der Waals surface area contributed by atoms with Crippen molar-refractivity contribution >= 4 is 0 Å². The van der Waals surface area contributed by atoms with Gasteiger partial charge in [-0.3, -0.25) is 4.90 Å². The van der Waals surface area contributed by atoms with Crippen molar-refractivity contribution in [3.8, 4) is 11.5 Å². The third-order valence-electron chi connectivity index (χ3n) is 4.56. The summed E-state index contributed by atoms with van der Waals surface area (Å²) in [4.78, 5) is 2.62. The number of ether oxygens (including phenoxy) is 3. The molecule has 2 aliphatic heterocycles. The summed E-state index contributed by atoms with van der Waals surface area (Å²) in [5, 5.41) is 0. The van der Waals surface area contributed by atoms with Crippen LogP contribution in [0.5, 0.6) is 11.5 Å². The molecule has 0 radical (unpaired) electrons. The Labute approximate surface area is 119 Å². The highest BCUT2D eigenvalue weighted by atomic mass is 16.7. The van der Waals surface area contributed by atoms with E-state index >= 15 is 0 Å². The van der Waals surface area contributed by atoms with Crippen molar-refractivity contribution < 1.29 is 14.2 Å². The molecular weight excluding hydrogens is 254 g/mol. The first-order valence-electron chi connectivity index (χ1n) is 7.60. The van der Waals surface area contributed by atoms with Gasteiger partial charge in [0.15, 0.2) is 11.5 Å². The smallest absolute Gasteiger partial charge is 0.231 e. The molecule has 1 unspecified atom stereocenters. The van der Waals surface area contributed by atoms with E-state index in [-0.39, 0.29) is 0 Å². The second-order valence-corrected chi connectivity index (χ2v) is 5.94. The van der Waals surface area contributed by atoms with Crippen molar-refractivity contribution in [1.82, 2.24) is 4.90 Å². The molecule has 1 aliphatic carbocycles. The highest BCUT2D eigenvalue weighted by Gasteiger charge is 2.35. The largest absolute Gasteiger partial charge is 0.454 e. The Morgan fingerprint density at radius 3 is 2.70 bits per heavy atom. The Morgan fingerprint density at radius 2 is 1.90 bits per heavy atom. The first-order valence-corrected chi connectivity index (χ1v) is 7.60. The van der Waals surface area contributed by atoms with E-state index in [4.69, 9.17) is 14.2 Å². The van der Waals surface area contributed by atoms with Gasteiger partial charge in [-0.05, 0) is 42.9 Å². The molecule has 2 fully saturated rings. The van der Waals surface area contributed by atoms with Gasteiger partial charge in [-0.15, -0.1) is 0 Å². The summed E-state index contributed by atoms with van der Waals surface area (Å²) in [6.07, 6.45) is 3.88. The summed E-state index contributed by atoms with van der Waals surface area (Å²) in [6.45, 7) is 4.26. The highest BCUT2D eigenvalue weighted by molar-refractivity contribution is 5.44. The number of fused-ring (bicyclic) bond motifs is 1. The van der Waals surface area contributed by atoms with Crippen LogP contribution in [0.3, 0.4) is 0 Å². The van der Waals surface area contributed by atoms with E-state index < -0.39 is 0 Å². The second kappa shape index (κ2) is 5.26. The van der Waals surface area contributed by atoms with Gasteiger partial charge in [-0.2, -0.15) is 0 Å². The van der Waals surface area contributed by atoms with Crippen LogP contribution in [0.2, 0.25) is 0 Å². The molecule has 4 rings (SSSR count). The number of rotatable bonds is 4. The van der Waals surface area contributed by atoms with E-state index in [2.05, 4.69) is 17.0 Å². The van der Waals surface area contributed by atoms with E-state index in [1.54, 1.807) is 0 Å². The van der Waals surface area contributed by atoms with Crippen LogP contribution >= 0.6 is 0 Å². The van der Waals surface area contributed by atoms with E-state index in [1.165, 1.54) is 18.4 Å². The number of hydrogen-bond acceptors (Lipinski definition) is 4. The minimum atomic E-state index is 0.355. The van der Waals surface area contributed by atoms with Crippen molar-refractivity contribution in [2.75, 3.05) is 33.1 Å². The van der Waals surface area contributed by atoms with E-state index in [9.17, 15) is 0 Å². The van der Waals surface area contributed by atoms with Crippen LogP contribution in [0.25, 0.3) is 0 Å². The zero-order valence-corrected chi connectivity index (χ0v) is 11.7. The first-order chi connectivity index (χ1) is 9.90. The molecule has 0 bridgehead atoms. The SMILES string of the molecule is c1cc2c(cc1CC(C1CC1)N1CCOCC1)OCO2. The van der Waals surface area contributed by atoms with Crippen molar-refractivity contribution in [3.63, 3.8) is 0 Å². The molecule has 0 aromatic heterocycles. The lowest BCUT2D eigenvalue weighted by atomic mass is 9.99. The Bertz CT molecular complexity index is 481. The molecule has 4 nitrogen and oxygen atoms in total. The molecule has 4 heteroatoms. The summed E-state index contributed by atoms with van der Waals surface area (Å²) in [6, 6.07) is 7.04. The maximum absolute atomic E-state index is 5.49. The van der Waals surface area contributed by atoms with Gasteiger partial charge in [0.05, 0.1) is 13.2 Å². The van der Waals surface area contributed by atoms with Crippen LogP contribution < -0.4 is 9.47 Å². The molecule has 1 aromatic carbocycles. The molecule has 3 aliphatic rings. The van der Waals surface area contributed by atoms with Crippen LogP contribution in [0.4, 0.5) is 0 Å². The molecule has 108 valence electrons. The topological polar surface area (TPSA) is 30.9 Å². The second-order valence-electron chi connectivity index (χ2n) is 5.94. The molecule has 1 atom stereocenters. The Morgan fingerprint density at radius 1 is 1.10 bits per heavy atom. The van der Waals surface area contributed by atoms with Crippen LogP contribution in [0.1, 0.15) is 18.4 Å². The van der Waals surface area contributed by atoms with Gasteiger partial charge in [0, 0.05) is 19.1 Å². The van der Waals surface area contributed by atoms with Crippen LogP contribution in [-0.4, -0.2) is 44.0 Å². The van der Waals surface area contributed by atoms with Gasteiger partial charge in [0.25, 0.3) is 0 Å². The lowest BCUT2D eigenvalue weighted by Gasteiger charge is -2.35. The molecule has 20 heavy (non-hydrogen) atoms. The quantitative estimate of drug-likeness (QED) is 0.841. The fourth-order valence-corrected chi connectivity index (χ4v) is 3.29. The molecule has 1 saturated carbocycles. The molecule has 0 spiro atoms. The Balaban J connectivity index is 1.49. The third-order valence-corrected chi connectivity index (χ3v) is 4.56. The average Bonchev–Trinajstić information content (AvgIpc) is 3.23. The number of hydrogen-bond donors (Lipinski definition) is 0. The fourth-order valence-electron chi connectivity index (χ4n) is 3.29. The number of morpholine rings is 1. The predicted octanol–water partition coefficient (Wildman–Crippen LogP) is 2.07. The van der Waals surface area contributed by atoms with Gasteiger partial charge in [-0.1, -0.05) is 6.07 Å².